The van der Waals surface area contributed by atoms with Crippen LogP contribution in [0.2, 0.25) is 0 Å². The van der Waals surface area contributed by atoms with Crippen molar-refractivity contribution in [2.45, 2.75) is 58.0 Å². The number of hydrogen-bond donors (Lipinski definition) is 1. The molecule has 3 unspecified atom stereocenters. The Morgan fingerprint density at radius 3 is 2.39 bits per heavy atom. The first-order chi connectivity index (χ1) is 8.57. The molecule has 0 spiro atoms. The summed E-state index contributed by atoms with van der Waals surface area (Å²) in [5.41, 5.74) is -0.312. The van der Waals surface area contributed by atoms with Gasteiger partial charge in [0.15, 0.2) is 0 Å². The van der Waals surface area contributed by atoms with Crippen LogP contribution in [0.4, 0.5) is 0 Å². The van der Waals surface area contributed by atoms with E-state index in [-0.39, 0.29) is 5.60 Å². The Kier molecular flexibility index (Phi) is 3.44. The van der Waals surface area contributed by atoms with Gasteiger partial charge in [0.25, 0.3) is 0 Å². The van der Waals surface area contributed by atoms with Gasteiger partial charge < -0.3 is 10.0 Å². The zero-order chi connectivity index (χ0) is 12.8. The number of fused-ring (bicyclic) bond motifs is 2. The van der Waals surface area contributed by atoms with Crippen molar-refractivity contribution in [3.05, 3.63) is 0 Å². The van der Waals surface area contributed by atoms with Crippen LogP contribution in [0.15, 0.2) is 0 Å². The number of piperidine rings is 1. The van der Waals surface area contributed by atoms with E-state index >= 15 is 0 Å². The maximum Gasteiger partial charge on any atom is 0.0702 e. The van der Waals surface area contributed by atoms with Gasteiger partial charge in [0, 0.05) is 19.6 Å². The summed E-state index contributed by atoms with van der Waals surface area (Å²) in [5.74, 6) is 3.20. The predicted octanol–water partition coefficient (Wildman–Crippen LogP) is 2.91. The van der Waals surface area contributed by atoms with Crippen molar-refractivity contribution in [1.29, 1.82) is 0 Å². The van der Waals surface area contributed by atoms with Crippen LogP contribution in [0.25, 0.3) is 0 Å². The molecule has 0 radical (unpaired) electrons. The lowest BCUT2D eigenvalue weighted by molar-refractivity contribution is -0.0843. The minimum Gasteiger partial charge on any atom is -0.389 e. The lowest BCUT2D eigenvalue weighted by atomic mass is 9.71. The number of aliphatic hydroxyl groups is 1. The Hall–Kier alpha value is -0.0800. The molecule has 104 valence electrons. The third-order valence-electron chi connectivity index (χ3n) is 5.77. The molecular formula is C16H29NO. The molecule has 1 N–H and O–H groups in total. The molecule has 2 nitrogen and oxygen atoms in total. The highest BCUT2D eigenvalue weighted by Gasteiger charge is 2.50. The molecule has 0 aromatic heterocycles. The van der Waals surface area contributed by atoms with Crippen molar-refractivity contribution >= 4 is 0 Å². The molecule has 2 heteroatoms. The first-order valence-electron chi connectivity index (χ1n) is 8.01. The molecule has 2 bridgehead atoms. The van der Waals surface area contributed by atoms with E-state index in [0.29, 0.717) is 5.92 Å². The van der Waals surface area contributed by atoms with Gasteiger partial charge in [0.1, 0.15) is 0 Å². The summed E-state index contributed by atoms with van der Waals surface area (Å²) in [6.07, 6.45) is 7.62. The fourth-order valence-corrected chi connectivity index (χ4v) is 4.91. The highest BCUT2D eigenvalue weighted by molar-refractivity contribution is 5.01. The van der Waals surface area contributed by atoms with Crippen LogP contribution in [-0.2, 0) is 0 Å². The van der Waals surface area contributed by atoms with Gasteiger partial charge in [-0.1, -0.05) is 20.3 Å². The van der Waals surface area contributed by atoms with Crippen LogP contribution in [0.3, 0.4) is 0 Å². The van der Waals surface area contributed by atoms with E-state index < -0.39 is 0 Å². The second kappa shape index (κ2) is 4.79. The van der Waals surface area contributed by atoms with Crippen molar-refractivity contribution < 1.29 is 5.11 Å². The molecule has 2 aliphatic carbocycles. The first-order valence-corrected chi connectivity index (χ1v) is 8.01. The van der Waals surface area contributed by atoms with Crippen molar-refractivity contribution in [2.24, 2.45) is 23.7 Å². The fourth-order valence-electron chi connectivity index (χ4n) is 4.91. The Morgan fingerprint density at radius 1 is 1.17 bits per heavy atom. The molecule has 3 atom stereocenters. The Balaban J connectivity index is 1.57. The maximum absolute atomic E-state index is 11.0. The highest BCUT2D eigenvalue weighted by Crippen LogP contribution is 2.54. The Morgan fingerprint density at radius 2 is 1.89 bits per heavy atom. The molecule has 3 fully saturated rings. The number of rotatable bonds is 3. The van der Waals surface area contributed by atoms with E-state index in [1.54, 1.807) is 0 Å². The Bertz CT molecular complexity index is 293. The standard InChI is InChI=1S/C16H29NO/c1-12(2)11-17-7-5-16(18,6-8-17)15-10-13-3-4-14(15)9-13/h12-15,18H,3-11H2,1-2H3. The summed E-state index contributed by atoms with van der Waals surface area (Å²) in [7, 11) is 0. The van der Waals surface area contributed by atoms with Crippen LogP contribution < -0.4 is 0 Å². The summed E-state index contributed by atoms with van der Waals surface area (Å²) >= 11 is 0. The fraction of sp³-hybridized carbons (Fsp3) is 1.00. The second-order valence-corrected chi connectivity index (χ2v) is 7.58. The van der Waals surface area contributed by atoms with E-state index in [4.69, 9.17) is 0 Å². The van der Waals surface area contributed by atoms with E-state index in [9.17, 15) is 5.11 Å². The molecule has 1 aliphatic heterocycles. The first kappa shape index (κ1) is 12.9. The van der Waals surface area contributed by atoms with Gasteiger partial charge in [0.2, 0.25) is 0 Å². The van der Waals surface area contributed by atoms with Gasteiger partial charge >= 0.3 is 0 Å². The van der Waals surface area contributed by atoms with E-state index in [0.717, 1.165) is 43.7 Å². The van der Waals surface area contributed by atoms with E-state index in [1.807, 2.05) is 0 Å². The van der Waals surface area contributed by atoms with Crippen LogP contribution in [0.1, 0.15) is 52.4 Å². The van der Waals surface area contributed by atoms with Gasteiger partial charge in [-0.3, -0.25) is 0 Å². The monoisotopic (exact) mass is 251 g/mol. The summed E-state index contributed by atoms with van der Waals surface area (Å²) in [6, 6.07) is 0. The molecule has 1 saturated heterocycles. The van der Waals surface area contributed by atoms with Crippen molar-refractivity contribution in [3.8, 4) is 0 Å². The molecular weight excluding hydrogens is 222 g/mol. The maximum atomic E-state index is 11.0. The average Bonchev–Trinajstić information content (AvgIpc) is 2.94. The van der Waals surface area contributed by atoms with E-state index in [1.165, 1.54) is 32.2 Å². The summed E-state index contributed by atoms with van der Waals surface area (Å²) in [4.78, 5) is 2.55. The van der Waals surface area contributed by atoms with Crippen molar-refractivity contribution in [3.63, 3.8) is 0 Å². The topological polar surface area (TPSA) is 23.5 Å². The van der Waals surface area contributed by atoms with Crippen LogP contribution >= 0.6 is 0 Å². The van der Waals surface area contributed by atoms with Crippen LogP contribution in [0, 0.1) is 23.7 Å². The molecule has 2 saturated carbocycles. The average molecular weight is 251 g/mol. The molecule has 3 rings (SSSR count). The normalized spacial score (nSPS) is 39.7. The van der Waals surface area contributed by atoms with Crippen LogP contribution in [-0.4, -0.2) is 35.2 Å². The zero-order valence-corrected chi connectivity index (χ0v) is 12.1. The molecule has 0 amide bonds. The van der Waals surface area contributed by atoms with E-state index in [2.05, 4.69) is 18.7 Å². The lowest BCUT2D eigenvalue weighted by Crippen LogP contribution is -2.50. The predicted molar refractivity (Wildman–Crippen MR) is 74.4 cm³/mol. The number of likely N-dealkylation sites (tertiary alicyclic amines) is 1. The minimum atomic E-state index is -0.312. The van der Waals surface area contributed by atoms with Gasteiger partial charge in [-0.2, -0.15) is 0 Å². The van der Waals surface area contributed by atoms with Gasteiger partial charge in [0.05, 0.1) is 5.60 Å². The Labute approximate surface area is 112 Å². The largest absolute Gasteiger partial charge is 0.389 e. The van der Waals surface area contributed by atoms with Crippen LogP contribution in [0.5, 0.6) is 0 Å². The lowest BCUT2D eigenvalue weighted by Gasteiger charge is -2.45. The van der Waals surface area contributed by atoms with Gasteiger partial charge in [-0.25, -0.2) is 0 Å². The molecule has 3 aliphatic rings. The summed E-state index contributed by atoms with van der Waals surface area (Å²) in [6.45, 7) is 8.01. The smallest absolute Gasteiger partial charge is 0.0702 e. The number of hydrogen-bond acceptors (Lipinski definition) is 2. The third-order valence-corrected chi connectivity index (χ3v) is 5.77. The minimum absolute atomic E-state index is 0.312. The molecule has 18 heavy (non-hydrogen) atoms. The third kappa shape index (κ3) is 2.34. The molecule has 1 heterocycles. The van der Waals surface area contributed by atoms with Gasteiger partial charge in [-0.05, 0) is 55.8 Å². The second-order valence-electron chi connectivity index (χ2n) is 7.58. The van der Waals surface area contributed by atoms with Crippen molar-refractivity contribution in [1.82, 2.24) is 4.90 Å². The van der Waals surface area contributed by atoms with Crippen molar-refractivity contribution in [2.75, 3.05) is 19.6 Å². The summed E-state index contributed by atoms with van der Waals surface area (Å²) in [5, 5.41) is 11.0. The highest BCUT2D eigenvalue weighted by atomic mass is 16.3. The molecule has 0 aromatic rings. The quantitative estimate of drug-likeness (QED) is 0.833. The molecule has 0 aromatic carbocycles. The number of nitrogens with zero attached hydrogens (tertiary/aromatic N) is 1. The van der Waals surface area contributed by atoms with Gasteiger partial charge in [-0.15, -0.1) is 0 Å². The zero-order valence-electron chi connectivity index (χ0n) is 12.1. The summed E-state index contributed by atoms with van der Waals surface area (Å²) < 4.78 is 0. The SMILES string of the molecule is CC(C)CN1CCC(O)(C2CC3CCC2C3)CC1.